The van der Waals surface area contributed by atoms with Gasteiger partial charge in [-0.15, -0.1) is 0 Å². The molecular weight excluding hydrogens is 639 g/mol. The van der Waals surface area contributed by atoms with E-state index in [1.165, 1.54) is 5.56 Å². The quantitative estimate of drug-likeness (QED) is 0.187. The van der Waals surface area contributed by atoms with Gasteiger partial charge in [0.05, 0.1) is 5.56 Å². The van der Waals surface area contributed by atoms with Crippen molar-refractivity contribution in [2.75, 3.05) is 0 Å². The molecule has 5 nitrogen and oxygen atoms in total. The van der Waals surface area contributed by atoms with E-state index in [1.54, 1.807) is 0 Å². The minimum atomic E-state index is 0.544. The Morgan fingerprint density at radius 1 is 0.308 bits per heavy atom. The molecule has 0 atom stereocenters. The predicted molar refractivity (Wildman–Crippen MR) is 211 cm³/mol. The topological polar surface area (TPSA) is 65.0 Å². The number of nitrogens with zero attached hydrogens (tertiary/aromatic N) is 3. The maximum Gasteiger partial charge on any atom is 0.167 e. The van der Waals surface area contributed by atoms with Gasteiger partial charge in [-0.3, -0.25) is 0 Å². The van der Waals surface area contributed by atoms with Gasteiger partial charge in [-0.1, -0.05) is 127 Å². The molecule has 0 aliphatic carbocycles. The molecule has 0 saturated carbocycles. The van der Waals surface area contributed by atoms with Crippen LogP contribution in [0.3, 0.4) is 0 Å². The van der Waals surface area contributed by atoms with E-state index >= 15 is 0 Å². The Bertz CT molecular complexity index is 3190. The fraction of sp³-hybridized carbons (Fsp3) is 0. The fourth-order valence-corrected chi connectivity index (χ4v) is 7.68. The number of fused-ring (bicyclic) bond motifs is 9. The third kappa shape index (κ3) is 4.39. The van der Waals surface area contributed by atoms with Crippen molar-refractivity contribution in [3.63, 3.8) is 0 Å². The average Bonchev–Trinajstić information content (AvgIpc) is 3.79. The van der Waals surface area contributed by atoms with E-state index in [4.69, 9.17) is 23.8 Å². The molecule has 52 heavy (non-hydrogen) atoms. The number of rotatable bonds is 4. The third-order valence-electron chi connectivity index (χ3n) is 10.1. The van der Waals surface area contributed by atoms with E-state index in [0.717, 1.165) is 87.7 Å². The second-order valence-electron chi connectivity index (χ2n) is 13.1. The molecule has 0 aliphatic rings. The maximum atomic E-state index is 6.89. The molecule has 0 bridgehead atoms. The molecule has 8 aromatic carbocycles. The summed E-state index contributed by atoms with van der Waals surface area (Å²) in [6, 6.07) is 56.3. The molecule has 0 unspecified atom stereocenters. The SMILES string of the molecule is c1ccc(-c2cc3c4cccc(-c5nc(-c6ccc7oc8ccccc8c7c6)nc(-c6cccc7ccccc67)n5)c4oc3c3ccccc23)cc1. The zero-order chi connectivity index (χ0) is 34.2. The second-order valence-corrected chi connectivity index (χ2v) is 13.1. The first-order valence-corrected chi connectivity index (χ1v) is 17.4. The Balaban J connectivity index is 1.18. The zero-order valence-electron chi connectivity index (χ0n) is 27.7. The monoisotopic (exact) mass is 665 g/mol. The normalized spacial score (nSPS) is 11.8. The van der Waals surface area contributed by atoms with Gasteiger partial charge in [0.15, 0.2) is 17.5 Å². The molecular formula is C47H27N3O2. The van der Waals surface area contributed by atoms with Crippen LogP contribution in [0.25, 0.3) is 111 Å². The van der Waals surface area contributed by atoms with Gasteiger partial charge < -0.3 is 8.83 Å². The summed E-state index contributed by atoms with van der Waals surface area (Å²) in [5.74, 6) is 1.71. The van der Waals surface area contributed by atoms with Crippen molar-refractivity contribution in [3.8, 4) is 45.3 Å². The highest BCUT2D eigenvalue weighted by atomic mass is 16.3. The first-order chi connectivity index (χ1) is 25.8. The van der Waals surface area contributed by atoms with Crippen molar-refractivity contribution in [2.45, 2.75) is 0 Å². The summed E-state index contributed by atoms with van der Waals surface area (Å²) in [4.78, 5) is 15.5. The molecule has 11 rings (SSSR count). The number of para-hydroxylation sites is 2. The van der Waals surface area contributed by atoms with E-state index in [-0.39, 0.29) is 0 Å². The minimum Gasteiger partial charge on any atom is -0.456 e. The standard InChI is InChI=1S/C47H27N3O2/c1-2-12-29(13-3-1)38-27-40-35-20-11-22-37(43(35)52-44(40)34-19-7-6-17-32(34)38)47-49-45(30-24-25-42-39(26-30)33-18-8-9-23-41(33)51-42)48-46(50-47)36-21-10-15-28-14-4-5-16-31(28)36/h1-27H. The third-order valence-corrected chi connectivity index (χ3v) is 10.1. The van der Waals surface area contributed by atoms with E-state index in [0.29, 0.717) is 17.5 Å². The van der Waals surface area contributed by atoms with Gasteiger partial charge in [0.1, 0.15) is 22.3 Å². The number of benzene rings is 8. The fourth-order valence-electron chi connectivity index (χ4n) is 7.68. The number of hydrogen-bond acceptors (Lipinski definition) is 5. The van der Waals surface area contributed by atoms with E-state index in [1.807, 2.05) is 36.4 Å². The smallest absolute Gasteiger partial charge is 0.167 e. The first-order valence-electron chi connectivity index (χ1n) is 17.4. The van der Waals surface area contributed by atoms with Crippen molar-refractivity contribution in [1.82, 2.24) is 15.0 Å². The lowest BCUT2D eigenvalue weighted by atomic mass is 9.95. The molecule has 0 aliphatic heterocycles. The highest BCUT2D eigenvalue weighted by molar-refractivity contribution is 6.20. The van der Waals surface area contributed by atoms with Crippen LogP contribution in [0, 0.1) is 0 Å². The van der Waals surface area contributed by atoms with E-state index in [2.05, 4.69) is 127 Å². The Labute approximate surface area is 297 Å². The van der Waals surface area contributed by atoms with Gasteiger partial charge in [0, 0.05) is 38.1 Å². The molecule has 0 spiro atoms. The lowest BCUT2D eigenvalue weighted by molar-refractivity contribution is 0.669. The number of hydrogen-bond donors (Lipinski definition) is 0. The summed E-state index contributed by atoms with van der Waals surface area (Å²) in [6.45, 7) is 0. The summed E-state index contributed by atoms with van der Waals surface area (Å²) in [5.41, 5.74) is 8.20. The predicted octanol–water partition coefficient (Wildman–Crippen LogP) is 12.6. The average molecular weight is 666 g/mol. The van der Waals surface area contributed by atoms with Crippen molar-refractivity contribution in [3.05, 3.63) is 164 Å². The summed E-state index contributed by atoms with van der Waals surface area (Å²) < 4.78 is 13.0. The van der Waals surface area contributed by atoms with Gasteiger partial charge in [-0.05, 0) is 63.7 Å². The summed E-state index contributed by atoms with van der Waals surface area (Å²) >= 11 is 0. The van der Waals surface area contributed by atoms with Crippen LogP contribution in [0.4, 0.5) is 0 Å². The molecule has 0 radical (unpaired) electrons. The Morgan fingerprint density at radius 3 is 1.81 bits per heavy atom. The Kier molecular flexibility index (Phi) is 6.18. The Hall–Kier alpha value is -7.11. The highest BCUT2D eigenvalue weighted by Crippen LogP contribution is 2.42. The van der Waals surface area contributed by atoms with Crippen LogP contribution in [0.1, 0.15) is 0 Å². The summed E-state index contributed by atoms with van der Waals surface area (Å²) in [7, 11) is 0. The molecule has 3 aromatic heterocycles. The van der Waals surface area contributed by atoms with Gasteiger partial charge in [-0.2, -0.15) is 0 Å². The van der Waals surface area contributed by atoms with Gasteiger partial charge in [-0.25, -0.2) is 15.0 Å². The summed E-state index contributed by atoms with van der Waals surface area (Å²) in [5, 5.41) is 8.53. The van der Waals surface area contributed by atoms with Gasteiger partial charge >= 0.3 is 0 Å². The number of aromatic nitrogens is 3. The van der Waals surface area contributed by atoms with Crippen LogP contribution in [0.15, 0.2) is 173 Å². The molecule has 3 heterocycles. The molecule has 0 amide bonds. The zero-order valence-corrected chi connectivity index (χ0v) is 27.7. The van der Waals surface area contributed by atoms with E-state index in [9.17, 15) is 0 Å². The molecule has 0 saturated heterocycles. The molecule has 5 heteroatoms. The van der Waals surface area contributed by atoms with Crippen LogP contribution >= 0.6 is 0 Å². The van der Waals surface area contributed by atoms with Crippen LogP contribution in [0.5, 0.6) is 0 Å². The molecule has 11 aromatic rings. The van der Waals surface area contributed by atoms with Crippen molar-refractivity contribution < 1.29 is 8.83 Å². The van der Waals surface area contributed by atoms with Gasteiger partial charge in [0.25, 0.3) is 0 Å². The second kappa shape index (κ2) is 11.2. The van der Waals surface area contributed by atoms with Crippen LogP contribution < -0.4 is 0 Å². The Morgan fingerprint density at radius 2 is 0.923 bits per heavy atom. The van der Waals surface area contributed by atoms with E-state index < -0.39 is 0 Å². The lowest BCUT2D eigenvalue weighted by Crippen LogP contribution is -2.00. The van der Waals surface area contributed by atoms with Crippen molar-refractivity contribution in [2.24, 2.45) is 0 Å². The maximum absolute atomic E-state index is 6.89. The minimum absolute atomic E-state index is 0.544. The van der Waals surface area contributed by atoms with Crippen LogP contribution in [0.2, 0.25) is 0 Å². The molecule has 0 N–H and O–H groups in total. The van der Waals surface area contributed by atoms with Crippen LogP contribution in [-0.2, 0) is 0 Å². The summed E-state index contributed by atoms with van der Waals surface area (Å²) in [6.07, 6.45) is 0. The van der Waals surface area contributed by atoms with Gasteiger partial charge in [0.2, 0.25) is 0 Å². The first kappa shape index (κ1) is 28.7. The largest absolute Gasteiger partial charge is 0.456 e. The molecule has 0 fully saturated rings. The van der Waals surface area contributed by atoms with Crippen molar-refractivity contribution >= 4 is 65.4 Å². The lowest BCUT2D eigenvalue weighted by Gasteiger charge is -2.10. The molecule has 242 valence electrons. The highest BCUT2D eigenvalue weighted by Gasteiger charge is 2.21. The number of furan rings is 2. The van der Waals surface area contributed by atoms with Crippen LogP contribution in [-0.4, -0.2) is 15.0 Å². The van der Waals surface area contributed by atoms with Crippen molar-refractivity contribution in [1.29, 1.82) is 0 Å².